The van der Waals surface area contributed by atoms with E-state index in [1.54, 1.807) is 0 Å². The molecule has 4 fully saturated rings. The molecule has 7 nitrogen and oxygen atoms in total. The van der Waals surface area contributed by atoms with Crippen LogP contribution in [0.1, 0.15) is 78.6 Å². The molecule has 1 amide bonds. The Morgan fingerprint density at radius 1 is 1.14 bits per heavy atom. The Morgan fingerprint density at radius 2 is 1.86 bits per heavy atom. The highest BCUT2D eigenvalue weighted by atomic mass is 16.4. The highest BCUT2D eigenvalue weighted by Gasteiger charge is 2.66. The van der Waals surface area contributed by atoms with Crippen LogP contribution in [0.2, 0.25) is 0 Å². The summed E-state index contributed by atoms with van der Waals surface area (Å²) in [5, 5.41) is 45.1. The number of hydrogen-bond donors (Lipinski definition) is 5. The Morgan fingerprint density at radius 3 is 2.51 bits per heavy atom. The van der Waals surface area contributed by atoms with Crippen LogP contribution >= 0.6 is 0 Å². The van der Waals surface area contributed by atoms with E-state index in [1.165, 1.54) is 0 Å². The van der Waals surface area contributed by atoms with Gasteiger partial charge in [-0.25, -0.2) is 0 Å². The van der Waals surface area contributed by atoms with Crippen LogP contribution in [-0.2, 0) is 9.59 Å². The predicted molar refractivity (Wildman–Crippen MR) is 131 cm³/mol. The maximum Gasteiger partial charge on any atom is 0.322 e. The van der Waals surface area contributed by atoms with E-state index in [9.17, 15) is 24.9 Å². The van der Waals surface area contributed by atoms with E-state index in [1.807, 2.05) is 0 Å². The number of carbonyl (C=O) groups excluding carboxylic acids is 1. The standard InChI is InChI=1S/C28H43NO6/c1-5-28(35)11-10-26(3)17(14-28)12-21(30)25-19-8-7-18(27(19,4)22(31)13-20(25)26)16(2)6-9-23(32)29-15-24(33)34/h1,16-22,25,30-31,35H,6-15H2,2-4H3,(H,29,32)(H,33,34)/t16?,17?,18?,19?,20?,21-,22+,25?,26+,27-,28-/m1/s1. The summed E-state index contributed by atoms with van der Waals surface area (Å²) in [6.45, 7) is 6.25. The van der Waals surface area contributed by atoms with Gasteiger partial charge in [0.2, 0.25) is 5.91 Å². The van der Waals surface area contributed by atoms with Crippen molar-refractivity contribution in [2.24, 2.45) is 46.3 Å². The van der Waals surface area contributed by atoms with Gasteiger partial charge >= 0.3 is 5.97 Å². The van der Waals surface area contributed by atoms with Gasteiger partial charge in [0.15, 0.2) is 0 Å². The first-order valence-electron chi connectivity index (χ1n) is 13.4. The summed E-state index contributed by atoms with van der Waals surface area (Å²) < 4.78 is 0. The second-order valence-corrected chi connectivity index (χ2v) is 12.7. The Balaban J connectivity index is 1.50. The van der Waals surface area contributed by atoms with Crippen LogP contribution in [0.4, 0.5) is 0 Å². The number of hydrogen-bond acceptors (Lipinski definition) is 5. The lowest BCUT2D eigenvalue weighted by Crippen LogP contribution is -2.63. The van der Waals surface area contributed by atoms with Crippen LogP contribution in [0.25, 0.3) is 0 Å². The molecule has 4 aliphatic rings. The normalized spacial score (nSPS) is 47.5. The molecule has 0 aromatic heterocycles. The van der Waals surface area contributed by atoms with Crippen LogP contribution in [0.5, 0.6) is 0 Å². The Kier molecular flexibility index (Phi) is 7.07. The number of carboxylic acids is 1. The third-order valence-corrected chi connectivity index (χ3v) is 11.1. The van der Waals surface area contributed by atoms with Gasteiger partial charge in [-0.3, -0.25) is 9.59 Å². The molecule has 0 aromatic rings. The fraction of sp³-hybridized carbons (Fsp3) is 0.857. The van der Waals surface area contributed by atoms with Crippen molar-refractivity contribution in [1.82, 2.24) is 5.32 Å². The molecule has 0 radical (unpaired) electrons. The van der Waals surface area contributed by atoms with Gasteiger partial charge in [0, 0.05) is 6.42 Å². The van der Waals surface area contributed by atoms with E-state index in [-0.39, 0.29) is 65.2 Å². The summed E-state index contributed by atoms with van der Waals surface area (Å²) in [5.74, 6) is 2.40. The van der Waals surface area contributed by atoms with Crippen molar-refractivity contribution in [3.8, 4) is 12.3 Å². The van der Waals surface area contributed by atoms with Gasteiger partial charge in [-0.1, -0.05) is 26.7 Å². The molecule has 5 N–H and O–H groups in total. The van der Waals surface area contributed by atoms with Crippen LogP contribution < -0.4 is 5.32 Å². The molecule has 0 aliphatic heterocycles. The van der Waals surface area contributed by atoms with E-state index in [4.69, 9.17) is 11.5 Å². The van der Waals surface area contributed by atoms with Crippen LogP contribution in [0.3, 0.4) is 0 Å². The van der Waals surface area contributed by atoms with Crippen LogP contribution in [0.15, 0.2) is 0 Å². The summed E-state index contributed by atoms with van der Waals surface area (Å²) >= 11 is 0. The maximum absolute atomic E-state index is 12.1. The number of rotatable bonds is 6. The van der Waals surface area contributed by atoms with Gasteiger partial charge in [0.1, 0.15) is 12.1 Å². The zero-order valence-electron chi connectivity index (χ0n) is 21.4. The number of amides is 1. The number of carbonyl (C=O) groups is 2. The molecule has 35 heavy (non-hydrogen) atoms. The Labute approximate surface area is 209 Å². The third kappa shape index (κ3) is 4.40. The molecule has 0 heterocycles. The Bertz CT molecular complexity index is 885. The first-order chi connectivity index (χ1) is 16.4. The molecule has 0 spiro atoms. The second-order valence-electron chi connectivity index (χ2n) is 12.7. The highest BCUT2D eigenvalue weighted by molar-refractivity contribution is 5.81. The van der Waals surface area contributed by atoms with E-state index in [2.05, 4.69) is 32.0 Å². The largest absolute Gasteiger partial charge is 0.480 e. The van der Waals surface area contributed by atoms with Crippen molar-refractivity contribution in [2.45, 2.75) is 96.4 Å². The molecule has 11 atom stereocenters. The fourth-order valence-corrected chi connectivity index (χ4v) is 9.10. The van der Waals surface area contributed by atoms with Crippen molar-refractivity contribution in [2.75, 3.05) is 6.54 Å². The molecule has 196 valence electrons. The molecule has 4 saturated carbocycles. The van der Waals surface area contributed by atoms with E-state index in [0.717, 1.165) is 19.3 Å². The van der Waals surface area contributed by atoms with Crippen molar-refractivity contribution in [1.29, 1.82) is 0 Å². The maximum atomic E-state index is 12.1. The minimum absolute atomic E-state index is 0.0543. The van der Waals surface area contributed by atoms with Crippen molar-refractivity contribution < 1.29 is 30.0 Å². The SMILES string of the molecule is C#C[C@@]1(O)CC[C@@]2(C)C(C[C@@H](O)C3C2C[C@H](O)[C@]2(C)C(C(C)CCC(=O)NCC(=O)O)CCC32)C1. The monoisotopic (exact) mass is 489 g/mol. The molecule has 7 heteroatoms. The molecule has 0 aromatic carbocycles. The average molecular weight is 490 g/mol. The van der Waals surface area contributed by atoms with Gasteiger partial charge in [0.25, 0.3) is 0 Å². The summed E-state index contributed by atoms with van der Waals surface area (Å²) in [6, 6.07) is 0. The zero-order chi connectivity index (χ0) is 25.8. The molecule has 0 saturated heterocycles. The Hall–Kier alpha value is -1.62. The van der Waals surface area contributed by atoms with Gasteiger partial charge in [0.05, 0.1) is 12.2 Å². The van der Waals surface area contributed by atoms with Crippen molar-refractivity contribution >= 4 is 11.9 Å². The minimum Gasteiger partial charge on any atom is -0.480 e. The van der Waals surface area contributed by atoms with E-state index in [0.29, 0.717) is 32.1 Å². The summed E-state index contributed by atoms with van der Waals surface area (Å²) in [7, 11) is 0. The lowest BCUT2D eigenvalue weighted by atomic mass is 9.42. The quantitative estimate of drug-likeness (QED) is 0.365. The van der Waals surface area contributed by atoms with Crippen molar-refractivity contribution in [3.05, 3.63) is 0 Å². The third-order valence-electron chi connectivity index (χ3n) is 11.1. The second kappa shape index (κ2) is 9.36. The summed E-state index contributed by atoms with van der Waals surface area (Å²) in [4.78, 5) is 22.8. The van der Waals surface area contributed by atoms with E-state index < -0.39 is 23.8 Å². The van der Waals surface area contributed by atoms with E-state index >= 15 is 0 Å². The average Bonchev–Trinajstić information content (AvgIpc) is 3.16. The number of carboxylic acid groups (broad SMARTS) is 1. The van der Waals surface area contributed by atoms with Gasteiger partial charge in [-0.2, -0.15) is 0 Å². The molecule has 4 aliphatic carbocycles. The number of aliphatic hydroxyl groups is 3. The predicted octanol–water partition coefficient (Wildman–Crippen LogP) is 2.57. The lowest BCUT2D eigenvalue weighted by molar-refractivity contribution is -0.211. The first-order valence-corrected chi connectivity index (χ1v) is 13.4. The summed E-state index contributed by atoms with van der Waals surface area (Å²) in [6.07, 6.45) is 10.7. The molecule has 6 unspecified atom stereocenters. The van der Waals surface area contributed by atoms with Gasteiger partial charge in [-0.05, 0) is 97.7 Å². The molecular weight excluding hydrogens is 446 g/mol. The fourth-order valence-electron chi connectivity index (χ4n) is 9.10. The van der Waals surface area contributed by atoms with Crippen LogP contribution in [0, 0.1) is 58.7 Å². The summed E-state index contributed by atoms with van der Waals surface area (Å²) in [5.41, 5.74) is -1.47. The minimum atomic E-state index is -1.09. The zero-order valence-corrected chi connectivity index (χ0v) is 21.4. The lowest BCUT2D eigenvalue weighted by Gasteiger charge is -2.64. The van der Waals surface area contributed by atoms with Gasteiger partial charge < -0.3 is 25.7 Å². The topological polar surface area (TPSA) is 127 Å². The number of aliphatic hydroxyl groups excluding tert-OH is 2. The smallest absolute Gasteiger partial charge is 0.322 e. The number of fused-ring (bicyclic) bond motifs is 5. The molecular formula is C28H43NO6. The first kappa shape index (κ1) is 26.4. The molecule has 0 bridgehead atoms. The van der Waals surface area contributed by atoms with Crippen molar-refractivity contribution in [3.63, 3.8) is 0 Å². The van der Waals surface area contributed by atoms with Crippen LogP contribution in [-0.4, -0.2) is 56.7 Å². The highest BCUT2D eigenvalue weighted by Crippen LogP contribution is 2.68. The number of terminal acetylenes is 1. The molecule has 4 rings (SSSR count). The number of aliphatic carboxylic acids is 1. The number of nitrogens with one attached hydrogen (secondary N) is 1. The van der Waals surface area contributed by atoms with Gasteiger partial charge in [-0.15, -0.1) is 6.42 Å².